The van der Waals surface area contributed by atoms with Gasteiger partial charge in [0, 0.05) is 19.4 Å². The zero-order chi connectivity index (χ0) is 14.7. The highest BCUT2D eigenvalue weighted by molar-refractivity contribution is 7.99. The molecule has 1 unspecified atom stereocenters. The van der Waals surface area contributed by atoms with Crippen molar-refractivity contribution in [3.63, 3.8) is 0 Å². The van der Waals surface area contributed by atoms with E-state index >= 15 is 0 Å². The molecule has 0 aliphatic carbocycles. The normalized spacial score (nSPS) is 25.0. The minimum Gasteiger partial charge on any atom is -0.487 e. The molecule has 5 heteroatoms. The van der Waals surface area contributed by atoms with Gasteiger partial charge in [0.1, 0.15) is 6.10 Å². The number of halogens is 1. The summed E-state index contributed by atoms with van der Waals surface area (Å²) in [6, 6.07) is 4.98. The van der Waals surface area contributed by atoms with Crippen LogP contribution in [0.2, 0.25) is 0 Å². The summed E-state index contributed by atoms with van der Waals surface area (Å²) in [6.07, 6.45) is 3.89. The highest BCUT2D eigenvalue weighted by atomic mass is 32.2. The fraction of sp³-hybridized carbons (Fsp3) is 0.625. The largest absolute Gasteiger partial charge is 0.487 e. The second-order valence-corrected chi connectivity index (χ2v) is 7.07. The lowest BCUT2D eigenvalue weighted by Crippen LogP contribution is -2.46. The molecular formula is C16H22FNO2S. The SMILES string of the molecule is NCc1ccc(OC2CCOC3(CCSCC3)C2)c(F)c1. The van der Waals surface area contributed by atoms with E-state index in [1.807, 2.05) is 17.8 Å². The minimum absolute atomic E-state index is 0.0398. The molecule has 1 spiro atoms. The van der Waals surface area contributed by atoms with Crippen molar-refractivity contribution in [2.45, 2.75) is 43.9 Å². The Balaban J connectivity index is 1.67. The summed E-state index contributed by atoms with van der Waals surface area (Å²) in [5.74, 6) is 2.30. The first-order chi connectivity index (χ1) is 10.2. The number of thioether (sulfide) groups is 1. The summed E-state index contributed by atoms with van der Waals surface area (Å²) in [6.45, 7) is 1.05. The molecule has 2 aliphatic rings. The van der Waals surface area contributed by atoms with Gasteiger partial charge in [0.25, 0.3) is 0 Å². The molecule has 2 fully saturated rings. The van der Waals surface area contributed by atoms with Gasteiger partial charge in [0.05, 0.1) is 12.2 Å². The molecule has 2 aliphatic heterocycles. The van der Waals surface area contributed by atoms with Gasteiger partial charge in [0.15, 0.2) is 11.6 Å². The van der Waals surface area contributed by atoms with Crippen LogP contribution >= 0.6 is 11.8 Å². The van der Waals surface area contributed by atoms with Crippen LogP contribution in [0, 0.1) is 5.82 Å². The van der Waals surface area contributed by atoms with Crippen molar-refractivity contribution < 1.29 is 13.9 Å². The first kappa shape index (κ1) is 15.1. The molecule has 21 heavy (non-hydrogen) atoms. The molecular weight excluding hydrogens is 289 g/mol. The summed E-state index contributed by atoms with van der Waals surface area (Å²) >= 11 is 1.98. The van der Waals surface area contributed by atoms with Gasteiger partial charge in [0.2, 0.25) is 0 Å². The van der Waals surface area contributed by atoms with E-state index in [-0.39, 0.29) is 17.5 Å². The van der Waals surface area contributed by atoms with E-state index < -0.39 is 0 Å². The molecule has 1 aromatic rings. The Morgan fingerprint density at radius 3 is 2.90 bits per heavy atom. The molecule has 0 amide bonds. The quantitative estimate of drug-likeness (QED) is 0.931. The molecule has 1 aromatic carbocycles. The van der Waals surface area contributed by atoms with E-state index in [4.69, 9.17) is 15.2 Å². The zero-order valence-electron chi connectivity index (χ0n) is 12.1. The topological polar surface area (TPSA) is 44.5 Å². The molecule has 3 nitrogen and oxygen atoms in total. The summed E-state index contributed by atoms with van der Waals surface area (Å²) < 4.78 is 26.0. The Kier molecular flexibility index (Phi) is 4.72. The van der Waals surface area contributed by atoms with E-state index in [0.29, 0.717) is 18.9 Å². The summed E-state index contributed by atoms with van der Waals surface area (Å²) in [4.78, 5) is 0. The predicted octanol–water partition coefficient (Wildman–Crippen LogP) is 3.11. The summed E-state index contributed by atoms with van der Waals surface area (Å²) in [5.41, 5.74) is 6.27. The van der Waals surface area contributed by atoms with Crippen molar-refractivity contribution in [2.75, 3.05) is 18.1 Å². The lowest BCUT2D eigenvalue weighted by atomic mass is 9.86. The van der Waals surface area contributed by atoms with Crippen molar-refractivity contribution in [3.05, 3.63) is 29.6 Å². The maximum atomic E-state index is 14.0. The van der Waals surface area contributed by atoms with Gasteiger partial charge in [-0.3, -0.25) is 0 Å². The highest BCUT2D eigenvalue weighted by Gasteiger charge is 2.39. The van der Waals surface area contributed by atoms with Crippen LogP contribution in [-0.4, -0.2) is 29.8 Å². The second kappa shape index (κ2) is 6.55. The van der Waals surface area contributed by atoms with E-state index in [2.05, 4.69) is 0 Å². The summed E-state index contributed by atoms with van der Waals surface area (Å²) in [5, 5.41) is 0. The Bertz CT molecular complexity index is 486. The van der Waals surface area contributed by atoms with Crippen LogP contribution in [0.5, 0.6) is 5.75 Å². The van der Waals surface area contributed by atoms with Crippen LogP contribution in [0.25, 0.3) is 0 Å². The maximum absolute atomic E-state index is 14.0. The Labute approximate surface area is 129 Å². The van der Waals surface area contributed by atoms with Crippen molar-refractivity contribution in [1.82, 2.24) is 0 Å². The number of ether oxygens (including phenoxy) is 2. The van der Waals surface area contributed by atoms with E-state index in [9.17, 15) is 4.39 Å². The third kappa shape index (κ3) is 3.52. The van der Waals surface area contributed by atoms with Gasteiger partial charge < -0.3 is 15.2 Å². The standard InChI is InChI=1S/C16H22FNO2S/c17-14-9-12(11-18)1-2-15(14)20-13-3-6-19-16(10-13)4-7-21-8-5-16/h1-2,9,13H,3-8,10-11,18H2. The molecule has 0 radical (unpaired) electrons. The third-order valence-electron chi connectivity index (χ3n) is 4.38. The number of nitrogens with two attached hydrogens (primary N) is 1. The van der Waals surface area contributed by atoms with Crippen molar-refractivity contribution in [2.24, 2.45) is 5.73 Å². The van der Waals surface area contributed by atoms with Crippen LogP contribution in [-0.2, 0) is 11.3 Å². The maximum Gasteiger partial charge on any atom is 0.165 e. The minimum atomic E-state index is -0.322. The first-order valence-electron chi connectivity index (χ1n) is 7.58. The number of hydrogen-bond acceptors (Lipinski definition) is 4. The smallest absolute Gasteiger partial charge is 0.165 e. The van der Waals surface area contributed by atoms with Gasteiger partial charge in [-0.2, -0.15) is 11.8 Å². The molecule has 0 aromatic heterocycles. The van der Waals surface area contributed by atoms with E-state index in [1.165, 1.54) is 6.07 Å². The van der Waals surface area contributed by atoms with Crippen molar-refractivity contribution in [3.8, 4) is 5.75 Å². The van der Waals surface area contributed by atoms with Crippen LogP contribution in [0.3, 0.4) is 0 Å². The Morgan fingerprint density at radius 2 is 2.19 bits per heavy atom. The van der Waals surface area contributed by atoms with Crippen LogP contribution in [0.15, 0.2) is 18.2 Å². The highest BCUT2D eigenvalue weighted by Crippen LogP contribution is 2.38. The monoisotopic (exact) mass is 311 g/mol. The molecule has 1 atom stereocenters. The number of hydrogen-bond donors (Lipinski definition) is 1. The van der Waals surface area contributed by atoms with Crippen LogP contribution in [0.1, 0.15) is 31.2 Å². The van der Waals surface area contributed by atoms with Gasteiger partial charge in [-0.05, 0) is 42.0 Å². The molecule has 2 saturated heterocycles. The first-order valence-corrected chi connectivity index (χ1v) is 8.73. The Hall–Kier alpha value is -0.780. The lowest BCUT2D eigenvalue weighted by molar-refractivity contribution is -0.116. The number of rotatable bonds is 3. The zero-order valence-corrected chi connectivity index (χ0v) is 13.0. The van der Waals surface area contributed by atoms with Crippen molar-refractivity contribution >= 4 is 11.8 Å². The molecule has 2 heterocycles. The molecule has 0 bridgehead atoms. The van der Waals surface area contributed by atoms with Crippen LogP contribution in [0.4, 0.5) is 4.39 Å². The van der Waals surface area contributed by atoms with Gasteiger partial charge in [-0.15, -0.1) is 0 Å². The average Bonchev–Trinajstić information content (AvgIpc) is 2.50. The average molecular weight is 311 g/mol. The van der Waals surface area contributed by atoms with E-state index in [1.54, 1.807) is 6.07 Å². The summed E-state index contributed by atoms with van der Waals surface area (Å²) in [7, 11) is 0. The van der Waals surface area contributed by atoms with E-state index in [0.717, 1.165) is 42.8 Å². The van der Waals surface area contributed by atoms with Gasteiger partial charge in [-0.25, -0.2) is 4.39 Å². The van der Waals surface area contributed by atoms with Gasteiger partial charge >= 0.3 is 0 Å². The lowest BCUT2D eigenvalue weighted by Gasteiger charge is -2.43. The fourth-order valence-electron chi connectivity index (χ4n) is 3.12. The number of benzene rings is 1. The molecule has 0 saturated carbocycles. The Morgan fingerprint density at radius 1 is 1.38 bits per heavy atom. The molecule has 116 valence electrons. The molecule has 3 rings (SSSR count). The second-order valence-electron chi connectivity index (χ2n) is 5.85. The van der Waals surface area contributed by atoms with Gasteiger partial charge in [-0.1, -0.05) is 6.07 Å². The molecule has 2 N–H and O–H groups in total. The van der Waals surface area contributed by atoms with Crippen LogP contribution < -0.4 is 10.5 Å². The van der Waals surface area contributed by atoms with Crippen molar-refractivity contribution in [1.29, 1.82) is 0 Å². The predicted molar refractivity (Wildman–Crippen MR) is 83.2 cm³/mol. The third-order valence-corrected chi connectivity index (χ3v) is 5.36. The fourth-order valence-corrected chi connectivity index (χ4v) is 4.36.